The second-order valence-electron chi connectivity index (χ2n) is 15.3. The van der Waals surface area contributed by atoms with Gasteiger partial charge >= 0.3 is 29.6 Å². The molecule has 378 valence electrons. The van der Waals surface area contributed by atoms with E-state index in [9.17, 15) is 8.76 Å². The normalized spacial score (nSPS) is 11.9. The van der Waals surface area contributed by atoms with Gasteiger partial charge in [-0.3, -0.25) is 4.18 Å². The molecule has 0 aliphatic heterocycles. The van der Waals surface area contributed by atoms with E-state index in [1.54, 1.807) is 0 Å². The van der Waals surface area contributed by atoms with Crippen LogP contribution in [0.3, 0.4) is 0 Å². The van der Waals surface area contributed by atoms with Gasteiger partial charge < -0.3 is 61.4 Å². The summed E-state index contributed by atoms with van der Waals surface area (Å²) < 4.78 is 91.4. The number of rotatable bonds is 54. The number of aryl methyl sites for hydroxylation is 2. The molecular weight excluding hydrogens is 872 g/mol. The fourth-order valence-electron chi connectivity index (χ4n) is 6.36. The number of benzene rings is 1. The largest absolute Gasteiger partial charge is 1.00 e. The number of unbranched alkanes of at least 4 members (excludes halogenated alkanes) is 12. The second-order valence-corrected chi connectivity index (χ2v) is 15.9. The molecule has 17 heteroatoms. The van der Waals surface area contributed by atoms with Crippen molar-refractivity contribution in [1.82, 2.24) is 0 Å². The first kappa shape index (κ1) is 64.7. The summed E-state index contributed by atoms with van der Waals surface area (Å²) in [6.07, 6.45) is 20.8. The number of hydrogen-bond acceptors (Lipinski definition) is 15. The maximum absolute atomic E-state index is 10.2. The van der Waals surface area contributed by atoms with Crippen LogP contribution >= 0.6 is 0 Å². The van der Waals surface area contributed by atoms with Crippen molar-refractivity contribution in [2.45, 2.75) is 117 Å². The minimum atomic E-state index is -2.51. The fourth-order valence-corrected chi connectivity index (χ4v) is 6.56. The summed E-state index contributed by atoms with van der Waals surface area (Å²) in [5, 5.41) is 0. The summed E-state index contributed by atoms with van der Waals surface area (Å²) in [4.78, 5) is 0. The minimum Gasteiger partial charge on any atom is -0.750 e. The quantitative estimate of drug-likeness (QED) is 0.0504. The molecule has 0 fully saturated rings. The molecule has 0 radical (unpaired) electrons. The van der Waals surface area contributed by atoms with Crippen molar-refractivity contribution < 1.29 is 99.3 Å². The van der Waals surface area contributed by atoms with E-state index in [-0.39, 0.29) is 42.8 Å². The Kier molecular flexibility index (Phi) is 54.3. The molecule has 65 heavy (non-hydrogen) atoms. The van der Waals surface area contributed by atoms with E-state index in [0.29, 0.717) is 145 Å². The Balaban J connectivity index is 0.0000410. The van der Waals surface area contributed by atoms with Crippen LogP contribution in [0.4, 0.5) is 0 Å². The Hall–Kier alpha value is -0.350. The number of hydrogen-bond donors (Lipinski definition) is 0. The van der Waals surface area contributed by atoms with E-state index in [1.807, 2.05) is 0 Å². The third-order valence-electron chi connectivity index (χ3n) is 9.86. The SMILES string of the molecule is CCCCCCCCCc1ccc(OCCOCCOCCOCCOCCOCCOCCOCCOCCOCCOCCOCCOS(=O)[O-])c(CCCCCCCCC)c1.[Na+]. The summed E-state index contributed by atoms with van der Waals surface area (Å²) in [6.45, 7) is 15.4. The van der Waals surface area contributed by atoms with Gasteiger partial charge in [-0.1, -0.05) is 103 Å². The average Bonchev–Trinajstić information content (AvgIpc) is 3.29. The molecule has 1 rings (SSSR count). The van der Waals surface area contributed by atoms with E-state index >= 15 is 0 Å². The van der Waals surface area contributed by atoms with Gasteiger partial charge in [-0.05, 0) is 42.9 Å². The molecule has 0 aromatic heterocycles. The minimum absolute atomic E-state index is 0. The standard InChI is InChI=1S/C48H90O15S.Na/c1-3-5-7-9-11-13-15-17-46-19-20-48(47(45-46)18-16-14-12-10-8-6-4-2)62-43-41-60-39-37-58-35-33-56-31-29-54-27-25-52-23-21-51-22-24-53-26-28-55-30-32-57-34-36-59-38-40-61-42-44-63-64(49)50;/h19-20,45H,3-18,21-44H2,1-2H3,(H,49,50);/q;+1/p-1. The zero-order valence-electron chi connectivity index (χ0n) is 41.0. The van der Waals surface area contributed by atoms with Crippen molar-refractivity contribution in [3.63, 3.8) is 0 Å². The smallest absolute Gasteiger partial charge is 0.750 e. The molecule has 0 N–H and O–H groups in total. The summed E-state index contributed by atoms with van der Waals surface area (Å²) >= 11 is -2.51. The van der Waals surface area contributed by atoms with Crippen LogP contribution < -0.4 is 34.3 Å². The molecule has 0 aliphatic carbocycles. The van der Waals surface area contributed by atoms with Crippen molar-refractivity contribution in [2.24, 2.45) is 0 Å². The maximum atomic E-state index is 10.2. The van der Waals surface area contributed by atoms with Crippen LogP contribution in [0, 0.1) is 0 Å². The van der Waals surface area contributed by atoms with Gasteiger partial charge in [-0.25, -0.2) is 4.21 Å². The Morgan fingerprint density at radius 3 is 1.02 bits per heavy atom. The maximum Gasteiger partial charge on any atom is 1.00 e. The zero-order chi connectivity index (χ0) is 45.9. The Morgan fingerprint density at radius 1 is 0.385 bits per heavy atom. The van der Waals surface area contributed by atoms with Gasteiger partial charge in [0.15, 0.2) is 0 Å². The monoisotopic (exact) mass is 961 g/mol. The van der Waals surface area contributed by atoms with Gasteiger partial charge in [0.2, 0.25) is 0 Å². The molecular formula is C48H89NaO15S. The first-order valence-electron chi connectivity index (χ1n) is 24.5. The van der Waals surface area contributed by atoms with Gasteiger partial charge in [0.05, 0.1) is 163 Å². The van der Waals surface area contributed by atoms with Crippen LogP contribution in [0.15, 0.2) is 18.2 Å². The van der Waals surface area contributed by atoms with E-state index in [2.05, 4.69) is 36.2 Å². The van der Waals surface area contributed by atoms with E-state index < -0.39 is 11.4 Å². The fraction of sp³-hybridized carbons (Fsp3) is 0.875. The molecule has 1 atom stereocenters. The van der Waals surface area contributed by atoms with Crippen molar-refractivity contribution >= 4 is 11.4 Å². The van der Waals surface area contributed by atoms with Crippen LogP contribution in [0.1, 0.15) is 115 Å². The molecule has 15 nitrogen and oxygen atoms in total. The van der Waals surface area contributed by atoms with Gasteiger partial charge in [0, 0.05) is 0 Å². The van der Waals surface area contributed by atoms with Gasteiger partial charge in [0.1, 0.15) is 12.4 Å². The van der Waals surface area contributed by atoms with E-state index in [0.717, 1.165) is 18.6 Å². The predicted octanol–water partition coefficient (Wildman–Crippen LogP) is 4.65. The van der Waals surface area contributed by atoms with Gasteiger partial charge in [-0.2, -0.15) is 0 Å². The van der Waals surface area contributed by atoms with E-state index in [4.69, 9.17) is 56.8 Å². The third kappa shape index (κ3) is 48.5. The molecule has 0 heterocycles. The topological polar surface area (TPSA) is 160 Å². The molecule has 1 unspecified atom stereocenters. The molecule has 0 saturated heterocycles. The zero-order valence-corrected chi connectivity index (χ0v) is 43.9. The predicted molar refractivity (Wildman–Crippen MR) is 249 cm³/mol. The molecule has 0 aliphatic rings. The van der Waals surface area contributed by atoms with Crippen molar-refractivity contribution in [1.29, 1.82) is 0 Å². The van der Waals surface area contributed by atoms with Gasteiger partial charge in [0.25, 0.3) is 0 Å². The Bertz CT molecular complexity index is 1110. The molecule has 0 spiro atoms. The molecule has 0 bridgehead atoms. The van der Waals surface area contributed by atoms with Crippen LogP contribution in [0.25, 0.3) is 0 Å². The van der Waals surface area contributed by atoms with E-state index in [1.165, 1.54) is 101 Å². The van der Waals surface area contributed by atoms with Crippen molar-refractivity contribution in [3.05, 3.63) is 29.3 Å². The van der Waals surface area contributed by atoms with Crippen LogP contribution in [-0.2, 0) is 80.5 Å². The molecule has 1 aromatic carbocycles. The summed E-state index contributed by atoms with van der Waals surface area (Å²) in [6, 6.07) is 6.84. The third-order valence-corrected chi connectivity index (χ3v) is 10.2. The van der Waals surface area contributed by atoms with Crippen LogP contribution in [0.5, 0.6) is 5.75 Å². The van der Waals surface area contributed by atoms with Gasteiger partial charge in [-0.15, -0.1) is 0 Å². The Morgan fingerprint density at radius 2 is 0.677 bits per heavy atom. The average molecular weight is 961 g/mol. The van der Waals surface area contributed by atoms with Crippen LogP contribution in [-0.4, -0.2) is 167 Å². The summed E-state index contributed by atoms with van der Waals surface area (Å²) in [5.41, 5.74) is 2.79. The second kappa shape index (κ2) is 54.6. The first-order chi connectivity index (χ1) is 31.7. The Labute approximate surface area is 418 Å². The molecule has 0 saturated carbocycles. The van der Waals surface area contributed by atoms with Crippen LogP contribution in [0.2, 0.25) is 0 Å². The summed E-state index contributed by atoms with van der Waals surface area (Å²) in [5.74, 6) is 1.01. The number of ether oxygens (including phenoxy) is 12. The summed E-state index contributed by atoms with van der Waals surface area (Å²) in [7, 11) is 0. The molecule has 1 aromatic rings. The first-order valence-corrected chi connectivity index (χ1v) is 25.5. The molecule has 0 amide bonds. The van der Waals surface area contributed by atoms with Crippen molar-refractivity contribution in [3.8, 4) is 5.75 Å². The van der Waals surface area contributed by atoms with Crippen molar-refractivity contribution in [2.75, 3.05) is 159 Å².